The van der Waals surface area contributed by atoms with Crippen molar-refractivity contribution in [3.63, 3.8) is 0 Å². The SMILES string of the molecule is O=C(CCNC(=O)c1ccc2ccccc2c1)NCc1ccccc1Cl. The highest BCUT2D eigenvalue weighted by atomic mass is 35.5. The molecule has 0 radical (unpaired) electrons. The smallest absolute Gasteiger partial charge is 0.251 e. The maximum atomic E-state index is 12.2. The second-order valence-corrected chi connectivity index (χ2v) is 6.34. The Bertz CT molecular complexity index is 940. The van der Waals surface area contributed by atoms with Crippen LogP contribution in [-0.4, -0.2) is 18.4 Å². The van der Waals surface area contributed by atoms with Crippen LogP contribution in [0.1, 0.15) is 22.3 Å². The van der Waals surface area contributed by atoms with Gasteiger partial charge in [0, 0.05) is 30.1 Å². The van der Waals surface area contributed by atoms with Crippen LogP contribution in [0.15, 0.2) is 66.7 Å². The molecule has 2 amide bonds. The molecule has 26 heavy (non-hydrogen) atoms. The quantitative estimate of drug-likeness (QED) is 0.694. The predicted octanol–water partition coefficient (Wildman–Crippen LogP) is 3.93. The van der Waals surface area contributed by atoms with Crippen molar-refractivity contribution in [3.05, 3.63) is 82.9 Å². The van der Waals surface area contributed by atoms with E-state index in [0.717, 1.165) is 16.3 Å². The van der Waals surface area contributed by atoms with Crippen LogP contribution < -0.4 is 10.6 Å². The summed E-state index contributed by atoms with van der Waals surface area (Å²) in [5.74, 6) is -0.321. The van der Waals surface area contributed by atoms with Crippen LogP contribution in [-0.2, 0) is 11.3 Å². The Morgan fingerprint density at radius 2 is 1.58 bits per heavy atom. The molecule has 0 spiro atoms. The van der Waals surface area contributed by atoms with Gasteiger partial charge in [-0.25, -0.2) is 0 Å². The molecule has 0 aliphatic carbocycles. The summed E-state index contributed by atoms with van der Waals surface area (Å²) in [7, 11) is 0. The lowest BCUT2D eigenvalue weighted by Gasteiger charge is -2.08. The van der Waals surface area contributed by atoms with E-state index in [1.165, 1.54) is 0 Å². The van der Waals surface area contributed by atoms with Gasteiger partial charge in [-0.1, -0.05) is 60.1 Å². The van der Waals surface area contributed by atoms with E-state index in [1.807, 2.05) is 54.6 Å². The molecule has 0 aliphatic rings. The lowest BCUT2D eigenvalue weighted by molar-refractivity contribution is -0.121. The fourth-order valence-electron chi connectivity index (χ4n) is 2.65. The molecule has 0 atom stereocenters. The first-order valence-electron chi connectivity index (χ1n) is 8.40. The lowest BCUT2D eigenvalue weighted by Crippen LogP contribution is -2.30. The summed E-state index contributed by atoms with van der Waals surface area (Å²) in [5.41, 5.74) is 1.45. The Morgan fingerprint density at radius 1 is 0.846 bits per heavy atom. The molecule has 3 rings (SSSR count). The second-order valence-electron chi connectivity index (χ2n) is 5.94. The van der Waals surface area contributed by atoms with E-state index < -0.39 is 0 Å². The van der Waals surface area contributed by atoms with E-state index in [0.29, 0.717) is 17.1 Å². The molecule has 0 fully saturated rings. The van der Waals surface area contributed by atoms with Gasteiger partial charge in [-0.3, -0.25) is 9.59 Å². The molecule has 0 aromatic heterocycles. The van der Waals surface area contributed by atoms with Crippen molar-refractivity contribution in [1.29, 1.82) is 0 Å². The number of amides is 2. The standard InChI is InChI=1S/C21H19ClN2O2/c22-19-8-4-3-7-18(19)14-24-20(25)11-12-23-21(26)17-10-9-15-5-1-2-6-16(15)13-17/h1-10,13H,11-12,14H2,(H,23,26)(H,24,25). The molecule has 5 heteroatoms. The first-order chi connectivity index (χ1) is 12.6. The first kappa shape index (κ1) is 18.0. The van der Waals surface area contributed by atoms with Gasteiger partial charge >= 0.3 is 0 Å². The third-order valence-corrected chi connectivity index (χ3v) is 4.45. The Labute approximate surface area is 157 Å². The number of carbonyl (C=O) groups excluding carboxylic acids is 2. The predicted molar refractivity (Wildman–Crippen MR) is 104 cm³/mol. The molecule has 3 aromatic carbocycles. The number of hydrogen-bond acceptors (Lipinski definition) is 2. The molecule has 0 saturated heterocycles. The van der Waals surface area contributed by atoms with Gasteiger partial charge in [0.2, 0.25) is 5.91 Å². The van der Waals surface area contributed by atoms with Crippen molar-refractivity contribution >= 4 is 34.2 Å². The fourth-order valence-corrected chi connectivity index (χ4v) is 2.85. The molecule has 0 heterocycles. The highest BCUT2D eigenvalue weighted by molar-refractivity contribution is 6.31. The lowest BCUT2D eigenvalue weighted by atomic mass is 10.1. The highest BCUT2D eigenvalue weighted by Crippen LogP contribution is 2.16. The molecular weight excluding hydrogens is 348 g/mol. The Morgan fingerprint density at radius 3 is 2.38 bits per heavy atom. The summed E-state index contributed by atoms with van der Waals surface area (Å²) in [4.78, 5) is 24.1. The topological polar surface area (TPSA) is 58.2 Å². The molecule has 0 aliphatic heterocycles. The van der Waals surface area contributed by atoms with E-state index >= 15 is 0 Å². The van der Waals surface area contributed by atoms with E-state index in [2.05, 4.69) is 10.6 Å². The zero-order valence-electron chi connectivity index (χ0n) is 14.2. The summed E-state index contributed by atoms with van der Waals surface area (Å²) < 4.78 is 0. The largest absolute Gasteiger partial charge is 0.352 e. The molecule has 4 nitrogen and oxygen atoms in total. The summed E-state index contributed by atoms with van der Waals surface area (Å²) in [6.07, 6.45) is 0.212. The van der Waals surface area contributed by atoms with Crippen molar-refractivity contribution in [2.24, 2.45) is 0 Å². The van der Waals surface area contributed by atoms with Crippen LogP contribution in [0, 0.1) is 0 Å². The average molecular weight is 367 g/mol. The maximum absolute atomic E-state index is 12.2. The minimum absolute atomic E-state index is 0.135. The summed E-state index contributed by atoms with van der Waals surface area (Å²) in [6, 6.07) is 20.8. The van der Waals surface area contributed by atoms with Crippen LogP contribution in [0.3, 0.4) is 0 Å². The van der Waals surface area contributed by atoms with E-state index in [9.17, 15) is 9.59 Å². The Balaban J connectivity index is 1.46. The van der Waals surface area contributed by atoms with Crippen LogP contribution in [0.25, 0.3) is 10.8 Å². The maximum Gasteiger partial charge on any atom is 0.251 e. The first-order valence-corrected chi connectivity index (χ1v) is 8.78. The van der Waals surface area contributed by atoms with E-state index in [-0.39, 0.29) is 24.8 Å². The number of nitrogens with one attached hydrogen (secondary N) is 2. The zero-order valence-corrected chi connectivity index (χ0v) is 14.9. The van der Waals surface area contributed by atoms with Gasteiger partial charge in [0.15, 0.2) is 0 Å². The van der Waals surface area contributed by atoms with Crippen LogP contribution in [0.5, 0.6) is 0 Å². The number of rotatable bonds is 6. The molecule has 3 aromatic rings. The highest BCUT2D eigenvalue weighted by Gasteiger charge is 2.08. The third kappa shape index (κ3) is 4.61. The van der Waals surface area contributed by atoms with Crippen molar-refractivity contribution in [1.82, 2.24) is 10.6 Å². The molecule has 0 unspecified atom stereocenters. The molecule has 0 saturated carbocycles. The third-order valence-electron chi connectivity index (χ3n) is 4.08. The fraction of sp³-hybridized carbons (Fsp3) is 0.143. The minimum atomic E-state index is -0.186. The molecule has 2 N–H and O–H groups in total. The van der Waals surface area contributed by atoms with Crippen molar-refractivity contribution in [3.8, 4) is 0 Å². The number of halogens is 1. The van der Waals surface area contributed by atoms with Crippen LogP contribution in [0.4, 0.5) is 0 Å². The molecular formula is C21H19ClN2O2. The zero-order chi connectivity index (χ0) is 18.4. The Hall–Kier alpha value is -2.85. The normalized spacial score (nSPS) is 10.5. The number of benzene rings is 3. The minimum Gasteiger partial charge on any atom is -0.352 e. The second kappa shape index (κ2) is 8.50. The van der Waals surface area contributed by atoms with Gasteiger partial charge < -0.3 is 10.6 Å². The number of carbonyl (C=O) groups is 2. The van der Waals surface area contributed by atoms with Gasteiger partial charge in [-0.15, -0.1) is 0 Å². The van der Waals surface area contributed by atoms with Crippen molar-refractivity contribution < 1.29 is 9.59 Å². The van der Waals surface area contributed by atoms with Gasteiger partial charge in [-0.2, -0.15) is 0 Å². The van der Waals surface area contributed by atoms with Gasteiger partial charge in [0.1, 0.15) is 0 Å². The van der Waals surface area contributed by atoms with Crippen LogP contribution in [0.2, 0.25) is 5.02 Å². The Kier molecular flexibility index (Phi) is 5.87. The number of fused-ring (bicyclic) bond motifs is 1. The van der Waals surface area contributed by atoms with Gasteiger partial charge in [0.25, 0.3) is 5.91 Å². The molecule has 0 bridgehead atoms. The van der Waals surface area contributed by atoms with E-state index in [4.69, 9.17) is 11.6 Å². The summed E-state index contributed by atoms with van der Waals surface area (Å²) in [6.45, 7) is 0.650. The van der Waals surface area contributed by atoms with Crippen LogP contribution >= 0.6 is 11.6 Å². The number of hydrogen-bond donors (Lipinski definition) is 2. The van der Waals surface area contributed by atoms with E-state index in [1.54, 1.807) is 12.1 Å². The van der Waals surface area contributed by atoms with Crippen molar-refractivity contribution in [2.75, 3.05) is 6.54 Å². The monoisotopic (exact) mass is 366 g/mol. The average Bonchev–Trinajstić information content (AvgIpc) is 2.67. The van der Waals surface area contributed by atoms with Gasteiger partial charge in [-0.05, 0) is 34.5 Å². The molecule has 132 valence electrons. The van der Waals surface area contributed by atoms with Crippen molar-refractivity contribution in [2.45, 2.75) is 13.0 Å². The summed E-state index contributed by atoms with van der Waals surface area (Å²) >= 11 is 6.05. The summed E-state index contributed by atoms with van der Waals surface area (Å²) in [5, 5.41) is 8.30. The van der Waals surface area contributed by atoms with Gasteiger partial charge in [0.05, 0.1) is 0 Å².